The minimum absolute atomic E-state index is 0.0143. The molecule has 8 nitrogen and oxygen atoms in total. The van der Waals surface area contributed by atoms with Crippen molar-refractivity contribution in [2.45, 2.75) is 39.2 Å². The lowest BCUT2D eigenvalue weighted by Crippen LogP contribution is -2.35. The Morgan fingerprint density at radius 3 is 2.76 bits per heavy atom. The molecule has 0 bridgehead atoms. The van der Waals surface area contributed by atoms with Gasteiger partial charge in [0.1, 0.15) is 0 Å². The van der Waals surface area contributed by atoms with E-state index in [-0.39, 0.29) is 11.6 Å². The van der Waals surface area contributed by atoms with Crippen molar-refractivity contribution in [2.24, 2.45) is 0 Å². The Morgan fingerprint density at radius 1 is 1.21 bits per heavy atom. The van der Waals surface area contributed by atoms with E-state index in [9.17, 15) is 19.7 Å². The molecule has 2 aromatic carbocycles. The number of likely N-dealkylation sites (N-methyl/N-ethyl adjacent to an activating group) is 1. The summed E-state index contributed by atoms with van der Waals surface area (Å²) >= 11 is 0. The average Bonchev–Trinajstić information content (AvgIpc) is 2.83. The number of fused-ring (bicyclic) bond motifs is 2. The summed E-state index contributed by atoms with van der Waals surface area (Å²) in [6, 6.07) is 13.8. The molecule has 1 aromatic heterocycles. The number of nitrogens with one attached hydrogen (secondary N) is 1. The van der Waals surface area contributed by atoms with Crippen LogP contribution in [0.15, 0.2) is 48.5 Å². The van der Waals surface area contributed by atoms with E-state index in [1.165, 1.54) is 12.1 Å². The number of non-ortho nitro benzene ring substituents is 1. The number of amides is 1. The van der Waals surface area contributed by atoms with Crippen molar-refractivity contribution >= 4 is 40.1 Å². The second kappa shape index (κ2) is 9.82. The van der Waals surface area contributed by atoms with Crippen molar-refractivity contribution in [1.82, 2.24) is 10.3 Å². The number of nitro benzene ring substituents is 1. The zero-order chi connectivity index (χ0) is 24.2. The van der Waals surface area contributed by atoms with Gasteiger partial charge in [0.15, 0.2) is 6.10 Å². The number of benzene rings is 2. The van der Waals surface area contributed by atoms with Crippen LogP contribution in [0.2, 0.25) is 0 Å². The predicted octanol–water partition coefficient (Wildman–Crippen LogP) is 4.70. The normalized spacial score (nSPS) is 14.9. The zero-order valence-electron chi connectivity index (χ0n) is 19.0. The summed E-state index contributed by atoms with van der Waals surface area (Å²) in [6.45, 7) is 3.79. The lowest BCUT2D eigenvalue weighted by atomic mass is 9.86. The van der Waals surface area contributed by atoms with Gasteiger partial charge in [-0.3, -0.25) is 14.9 Å². The van der Waals surface area contributed by atoms with Crippen LogP contribution in [-0.4, -0.2) is 34.4 Å². The monoisotopic (exact) mass is 459 g/mol. The fraction of sp³-hybridized carbons (Fsp3) is 0.269. The Labute approximate surface area is 196 Å². The van der Waals surface area contributed by atoms with E-state index in [0.717, 1.165) is 24.0 Å². The molecule has 1 unspecified atom stereocenters. The van der Waals surface area contributed by atoms with Gasteiger partial charge in [-0.15, -0.1) is 0 Å². The summed E-state index contributed by atoms with van der Waals surface area (Å²) in [6.07, 6.45) is 3.11. The third kappa shape index (κ3) is 4.66. The largest absolute Gasteiger partial charge is 0.449 e. The Bertz CT molecular complexity index is 1320. The molecule has 4 rings (SSSR count). The van der Waals surface area contributed by atoms with Crippen molar-refractivity contribution in [3.8, 4) is 0 Å². The van der Waals surface area contributed by atoms with Crippen LogP contribution < -0.4 is 5.32 Å². The maximum atomic E-state index is 13.3. The molecule has 3 aromatic rings. The number of nitro groups is 1. The minimum atomic E-state index is -0.932. The summed E-state index contributed by atoms with van der Waals surface area (Å²) in [5.74, 6) is -0.917. The minimum Gasteiger partial charge on any atom is -0.449 e. The molecule has 0 aliphatic heterocycles. The van der Waals surface area contributed by atoms with Crippen LogP contribution in [0.4, 0.5) is 5.69 Å². The predicted molar refractivity (Wildman–Crippen MR) is 129 cm³/mol. The van der Waals surface area contributed by atoms with E-state index >= 15 is 0 Å². The van der Waals surface area contributed by atoms with Gasteiger partial charge in [-0.25, -0.2) is 9.78 Å². The third-order valence-corrected chi connectivity index (χ3v) is 5.80. The smallest absolute Gasteiger partial charge is 0.339 e. The van der Waals surface area contributed by atoms with Gasteiger partial charge in [0, 0.05) is 24.1 Å². The fourth-order valence-corrected chi connectivity index (χ4v) is 4.23. The molecule has 0 radical (unpaired) electrons. The van der Waals surface area contributed by atoms with Crippen molar-refractivity contribution in [3.63, 3.8) is 0 Å². The van der Waals surface area contributed by atoms with Gasteiger partial charge in [-0.2, -0.15) is 0 Å². The molecule has 1 aliphatic rings. The van der Waals surface area contributed by atoms with E-state index in [1.807, 2.05) is 30.3 Å². The molecule has 0 saturated carbocycles. The highest BCUT2D eigenvalue weighted by Gasteiger charge is 2.28. The van der Waals surface area contributed by atoms with Crippen LogP contribution in [-0.2, 0) is 16.0 Å². The summed E-state index contributed by atoms with van der Waals surface area (Å²) in [5, 5.41) is 14.5. The summed E-state index contributed by atoms with van der Waals surface area (Å²) in [5.41, 5.74) is 4.13. The molecule has 174 valence electrons. The lowest BCUT2D eigenvalue weighted by molar-refractivity contribution is -0.384. The molecule has 1 atom stereocenters. The maximum Gasteiger partial charge on any atom is 0.339 e. The van der Waals surface area contributed by atoms with Crippen molar-refractivity contribution < 1.29 is 19.2 Å². The van der Waals surface area contributed by atoms with E-state index in [2.05, 4.69) is 5.32 Å². The molecule has 1 aliphatic carbocycles. The summed E-state index contributed by atoms with van der Waals surface area (Å²) in [4.78, 5) is 41.0. The molecule has 0 saturated heterocycles. The average molecular weight is 460 g/mol. The molecule has 1 amide bonds. The van der Waals surface area contributed by atoms with Gasteiger partial charge in [0.05, 0.1) is 21.7 Å². The Hall–Kier alpha value is -4.07. The highest BCUT2D eigenvalue weighted by Crippen LogP contribution is 2.36. The first-order valence-electron chi connectivity index (χ1n) is 11.2. The number of allylic oxidation sites excluding steroid dienone is 1. The number of carbonyl (C=O) groups is 2. The number of hydrogen-bond donors (Lipinski definition) is 1. The first-order chi connectivity index (χ1) is 16.4. The van der Waals surface area contributed by atoms with Gasteiger partial charge in [0.2, 0.25) is 0 Å². The second-order valence-corrected chi connectivity index (χ2v) is 8.15. The van der Waals surface area contributed by atoms with Crippen LogP contribution in [0.5, 0.6) is 0 Å². The number of aromatic nitrogens is 1. The second-order valence-electron chi connectivity index (χ2n) is 8.15. The molecule has 1 N–H and O–H groups in total. The Kier molecular flexibility index (Phi) is 6.67. The highest BCUT2D eigenvalue weighted by atomic mass is 16.6. The quantitative estimate of drug-likeness (QED) is 0.325. The summed E-state index contributed by atoms with van der Waals surface area (Å²) in [7, 11) is 0. The SMILES string of the molecule is CCNC(=O)C(C)OC(=O)c1c2c(nc3ccccc13)/C(=C/c1cccc([N+](=O)[O-])c1)CCC2. The van der Waals surface area contributed by atoms with Gasteiger partial charge >= 0.3 is 5.97 Å². The fourth-order valence-electron chi connectivity index (χ4n) is 4.23. The standard InChI is InChI=1S/C26H25N3O5/c1-3-27-25(30)16(2)34-26(31)23-20-11-4-5-13-22(20)28-24-18(9-7-12-21(23)24)14-17-8-6-10-19(15-17)29(32)33/h4-6,8,10-11,13-16H,3,7,9,12H2,1-2H3,(H,27,30)/b18-14+. The first-order valence-corrected chi connectivity index (χ1v) is 11.2. The van der Waals surface area contributed by atoms with Crippen LogP contribution in [0, 0.1) is 10.1 Å². The first kappa shape index (κ1) is 23.1. The van der Waals surface area contributed by atoms with E-state index in [0.29, 0.717) is 40.7 Å². The number of para-hydroxylation sites is 1. The van der Waals surface area contributed by atoms with Gasteiger partial charge in [0.25, 0.3) is 11.6 Å². The van der Waals surface area contributed by atoms with Crippen LogP contribution >= 0.6 is 0 Å². The lowest BCUT2D eigenvalue weighted by Gasteiger charge is -2.23. The summed E-state index contributed by atoms with van der Waals surface area (Å²) < 4.78 is 5.55. The Balaban J connectivity index is 1.81. The number of pyridine rings is 1. The molecular weight excluding hydrogens is 434 g/mol. The molecule has 0 spiro atoms. The Morgan fingerprint density at radius 2 is 2.00 bits per heavy atom. The topological polar surface area (TPSA) is 111 Å². The van der Waals surface area contributed by atoms with Gasteiger partial charge in [-0.1, -0.05) is 30.3 Å². The number of nitrogens with zero attached hydrogens (tertiary/aromatic N) is 2. The van der Waals surface area contributed by atoms with Crippen molar-refractivity contribution in [2.75, 3.05) is 6.54 Å². The molecule has 8 heteroatoms. The molecule has 1 heterocycles. The van der Waals surface area contributed by atoms with Crippen LogP contribution in [0.3, 0.4) is 0 Å². The van der Waals surface area contributed by atoms with Crippen LogP contribution in [0.1, 0.15) is 53.9 Å². The molecular formula is C26H25N3O5. The number of carbonyl (C=O) groups excluding carboxylic acids is 2. The van der Waals surface area contributed by atoms with Gasteiger partial charge < -0.3 is 10.1 Å². The number of esters is 1. The van der Waals surface area contributed by atoms with E-state index < -0.39 is 17.0 Å². The molecule has 34 heavy (non-hydrogen) atoms. The number of hydrogen-bond acceptors (Lipinski definition) is 6. The van der Waals surface area contributed by atoms with E-state index in [1.54, 1.807) is 26.0 Å². The molecule has 0 fully saturated rings. The third-order valence-electron chi connectivity index (χ3n) is 5.80. The van der Waals surface area contributed by atoms with E-state index in [4.69, 9.17) is 9.72 Å². The highest BCUT2D eigenvalue weighted by molar-refractivity contribution is 6.07. The maximum absolute atomic E-state index is 13.3. The van der Waals surface area contributed by atoms with Gasteiger partial charge in [-0.05, 0) is 62.0 Å². The van der Waals surface area contributed by atoms with Crippen molar-refractivity contribution in [3.05, 3.63) is 81.0 Å². The number of rotatable bonds is 6. The zero-order valence-corrected chi connectivity index (χ0v) is 19.0. The number of ether oxygens (including phenoxy) is 1. The van der Waals surface area contributed by atoms with Crippen molar-refractivity contribution in [1.29, 1.82) is 0 Å². The van der Waals surface area contributed by atoms with Crippen LogP contribution in [0.25, 0.3) is 22.6 Å².